The summed E-state index contributed by atoms with van der Waals surface area (Å²) in [6.07, 6.45) is 5.53. The van der Waals surface area contributed by atoms with Crippen LogP contribution < -0.4 is 11.1 Å². The fourth-order valence-electron chi connectivity index (χ4n) is 2.35. The third-order valence-corrected chi connectivity index (χ3v) is 3.50. The first-order valence-electron chi connectivity index (χ1n) is 6.97. The second kappa shape index (κ2) is 5.78. The Bertz CT molecular complexity index is 638. The molecule has 0 unspecified atom stereocenters. The molecule has 3 N–H and O–H groups in total. The van der Waals surface area contributed by atoms with Crippen LogP contribution >= 0.6 is 0 Å². The number of rotatable bonds is 2. The maximum atomic E-state index is 12.1. The van der Waals surface area contributed by atoms with Gasteiger partial charge in [-0.3, -0.25) is 10.3 Å². The van der Waals surface area contributed by atoms with Gasteiger partial charge in [-0.25, -0.2) is 9.78 Å². The summed E-state index contributed by atoms with van der Waals surface area (Å²) in [5.74, 6) is 0.397. The first kappa shape index (κ1) is 13.4. The Balaban J connectivity index is 1.83. The van der Waals surface area contributed by atoms with Crippen molar-refractivity contribution in [3.63, 3.8) is 0 Å². The first-order chi connectivity index (χ1) is 10.2. The van der Waals surface area contributed by atoms with E-state index in [0.29, 0.717) is 11.5 Å². The van der Waals surface area contributed by atoms with Crippen molar-refractivity contribution >= 4 is 17.5 Å². The number of nitrogen functional groups attached to an aromatic ring is 1. The summed E-state index contributed by atoms with van der Waals surface area (Å²) in [7, 11) is 0. The number of urea groups is 1. The molecule has 0 aliphatic carbocycles. The van der Waals surface area contributed by atoms with Crippen LogP contribution in [-0.2, 0) is 0 Å². The van der Waals surface area contributed by atoms with E-state index in [9.17, 15) is 4.79 Å². The van der Waals surface area contributed by atoms with E-state index in [1.807, 2.05) is 18.2 Å². The van der Waals surface area contributed by atoms with Crippen molar-refractivity contribution in [2.24, 2.45) is 0 Å². The highest BCUT2D eigenvalue weighted by Gasteiger charge is 2.19. The summed E-state index contributed by atoms with van der Waals surface area (Å²) in [6.45, 7) is 1.57. The predicted octanol–water partition coefficient (Wildman–Crippen LogP) is 2.35. The third-order valence-electron chi connectivity index (χ3n) is 3.50. The molecule has 0 radical (unpaired) electrons. The van der Waals surface area contributed by atoms with Crippen LogP contribution in [0.25, 0.3) is 11.3 Å². The van der Waals surface area contributed by atoms with Gasteiger partial charge in [-0.05, 0) is 37.1 Å². The van der Waals surface area contributed by atoms with E-state index in [2.05, 4.69) is 15.3 Å². The van der Waals surface area contributed by atoms with E-state index in [-0.39, 0.29) is 6.03 Å². The normalized spacial score (nSPS) is 14.2. The number of pyridine rings is 2. The van der Waals surface area contributed by atoms with E-state index in [1.54, 1.807) is 23.4 Å². The van der Waals surface area contributed by atoms with Gasteiger partial charge in [0.05, 0.1) is 11.4 Å². The molecule has 108 valence electrons. The molecule has 6 heteroatoms. The van der Waals surface area contributed by atoms with Crippen LogP contribution in [0, 0.1) is 0 Å². The van der Waals surface area contributed by atoms with Gasteiger partial charge in [0.1, 0.15) is 0 Å². The van der Waals surface area contributed by atoms with E-state index in [4.69, 9.17) is 5.73 Å². The molecule has 1 aliphatic heterocycles. The zero-order chi connectivity index (χ0) is 14.7. The van der Waals surface area contributed by atoms with Crippen LogP contribution in [0.4, 0.5) is 16.3 Å². The molecule has 0 spiro atoms. The van der Waals surface area contributed by atoms with E-state index in [1.165, 1.54) is 0 Å². The van der Waals surface area contributed by atoms with Crippen molar-refractivity contribution in [3.05, 3.63) is 36.7 Å². The molecular weight excluding hydrogens is 266 g/mol. The van der Waals surface area contributed by atoms with Gasteiger partial charge >= 0.3 is 6.03 Å². The molecule has 3 heterocycles. The van der Waals surface area contributed by atoms with E-state index < -0.39 is 0 Å². The average molecular weight is 283 g/mol. The predicted molar refractivity (Wildman–Crippen MR) is 81.7 cm³/mol. The quantitative estimate of drug-likeness (QED) is 0.886. The second-order valence-electron chi connectivity index (χ2n) is 5.00. The lowest BCUT2D eigenvalue weighted by molar-refractivity contribution is 0.222. The summed E-state index contributed by atoms with van der Waals surface area (Å²) in [5, 5.41) is 2.79. The Labute approximate surface area is 123 Å². The molecule has 1 saturated heterocycles. The number of likely N-dealkylation sites (tertiary alicyclic amines) is 1. The van der Waals surface area contributed by atoms with E-state index >= 15 is 0 Å². The molecule has 1 aliphatic rings. The van der Waals surface area contributed by atoms with Crippen LogP contribution in [0.2, 0.25) is 0 Å². The maximum Gasteiger partial charge on any atom is 0.323 e. The second-order valence-corrected chi connectivity index (χ2v) is 5.00. The minimum atomic E-state index is -0.143. The summed E-state index contributed by atoms with van der Waals surface area (Å²) in [6, 6.07) is 7.18. The topological polar surface area (TPSA) is 84.1 Å². The standard InChI is InChI=1S/C15H17N5O/c16-12-5-6-13(11-4-3-7-17-10-11)18-14(12)19-15(21)20-8-1-2-9-20/h3-7,10H,1-2,8-9,16H2,(H,18,19,21). The zero-order valence-corrected chi connectivity index (χ0v) is 11.6. The fourth-order valence-corrected chi connectivity index (χ4v) is 2.35. The molecule has 0 bridgehead atoms. The van der Waals surface area contributed by atoms with Crippen LogP contribution in [0.15, 0.2) is 36.7 Å². The molecule has 0 saturated carbocycles. The number of amides is 2. The van der Waals surface area contributed by atoms with Gasteiger partial charge in [0.2, 0.25) is 0 Å². The summed E-state index contributed by atoms with van der Waals surface area (Å²) < 4.78 is 0. The van der Waals surface area contributed by atoms with Crippen molar-refractivity contribution in [3.8, 4) is 11.3 Å². The highest BCUT2D eigenvalue weighted by molar-refractivity contribution is 5.91. The Morgan fingerprint density at radius 3 is 2.76 bits per heavy atom. The first-order valence-corrected chi connectivity index (χ1v) is 6.97. The number of nitrogens with one attached hydrogen (secondary N) is 1. The average Bonchev–Trinajstić information content (AvgIpc) is 3.05. The molecule has 21 heavy (non-hydrogen) atoms. The zero-order valence-electron chi connectivity index (χ0n) is 11.6. The number of hydrogen-bond acceptors (Lipinski definition) is 4. The molecule has 0 atom stereocenters. The van der Waals surface area contributed by atoms with Crippen LogP contribution in [-0.4, -0.2) is 34.0 Å². The maximum absolute atomic E-state index is 12.1. The smallest absolute Gasteiger partial charge is 0.323 e. The molecule has 3 rings (SSSR count). The third kappa shape index (κ3) is 2.94. The van der Waals surface area contributed by atoms with Gasteiger partial charge in [0.15, 0.2) is 5.82 Å². The summed E-state index contributed by atoms with van der Waals surface area (Å²) in [5.41, 5.74) is 7.97. The van der Waals surface area contributed by atoms with Crippen LogP contribution in [0.5, 0.6) is 0 Å². The lowest BCUT2D eigenvalue weighted by Gasteiger charge is -2.17. The molecule has 2 aromatic heterocycles. The molecule has 1 fully saturated rings. The molecule has 2 amide bonds. The SMILES string of the molecule is Nc1ccc(-c2cccnc2)nc1NC(=O)N1CCCC1. The van der Waals surface area contributed by atoms with Gasteiger partial charge in [-0.15, -0.1) is 0 Å². The number of hydrogen-bond donors (Lipinski definition) is 2. The number of nitrogens with two attached hydrogens (primary N) is 1. The van der Waals surface area contributed by atoms with Gasteiger partial charge in [-0.2, -0.15) is 0 Å². The van der Waals surface area contributed by atoms with Crippen LogP contribution in [0.1, 0.15) is 12.8 Å². The van der Waals surface area contributed by atoms with Gasteiger partial charge in [0.25, 0.3) is 0 Å². The van der Waals surface area contributed by atoms with E-state index in [0.717, 1.165) is 37.2 Å². The van der Waals surface area contributed by atoms with Crippen molar-refractivity contribution < 1.29 is 4.79 Å². The minimum Gasteiger partial charge on any atom is -0.396 e. The highest BCUT2D eigenvalue weighted by atomic mass is 16.2. The Hall–Kier alpha value is -2.63. The lowest BCUT2D eigenvalue weighted by Crippen LogP contribution is -2.32. The monoisotopic (exact) mass is 283 g/mol. The summed E-state index contributed by atoms with van der Waals surface area (Å²) in [4.78, 5) is 22.4. The number of carbonyl (C=O) groups is 1. The van der Waals surface area contributed by atoms with Crippen LogP contribution in [0.3, 0.4) is 0 Å². The molecular formula is C15H17N5O. The number of nitrogens with zero attached hydrogens (tertiary/aromatic N) is 3. The number of carbonyl (C=O) groups excluding carboxylic acids is 1. The van der Waals surface area contributed by atoms with Gasteiger partial charge < -0.3 is 10.6 Å². The number of aromatic nitrogens is 2. The fraction of sp³-hybridized carbons (Fsp3) is 0.267. The lowest BCUT2D eigenvalue weighted by atomic mass is 10.2. The Morgan fingerprint density at radius 2 is 2.05 bits per heavy atom. The van der Waals surface area contributed by atoms with Crippen molar-refractivity contribution in [2.45, 2.75) is 12.8 Å². The highest BCUT2D eigenvalue weighted by Crippen LogP contribution is 2.23. The van der Waals surface area contributed by atoms with Crippen molar-refractivity contribution in [2.75, 3.05) is 24.1 Å². The van der Waals surface area contributed by atoms with Crippen molar-refractivity contribution in [1.82, 2.24) is 14.9 Å². The Morgan fingerprint density at radius 1 is 1.24 bits per heavy atom. The number of anilines is 2. The largest absolute Gasteiger partial charge is 0.396 e. The van der Waals surface area contributed by atoms with Crippen molar-refractivity contribution in [1.29, 1.82) is 0 Å². The minimum absolute atomic E-state index is 0.143. The van der Waals surface area contributed by atoms with Gasteiger partial charge in [-0.1, -0.05) is 0 Å². The summed E-state index contributed by atoms with van der Waals surface area (Å²) >= 11 is 0. The molecule has 6 nitrogen and oxygen atoms in total. The van der Waals surface area contributed by atoms with Gasteiger partial charge in [0, 0.05) is 31.0 Å². The molecule has 0 aromatic carbocycles. The Kier molecular flexibility index (Phi) is 3.68. The molecule has 2 aromatic rings.